The third-order valence-electron chi connectivity index (χ3n) is 4.85. The van der Waals surface area contributed by atoms with Gasteiger partial charge in [0, 0.05) is 31.2 Å². The molecule has 2 fully saturated rings. The van der Waals surface area contributed by atoms with Crippen LogP contribution < -0.4 is 4.90 Å². The third kappa shape index (κ3) is 1.83. The molecule has 2 nitrogen and oxygen atoms in total. The van der Waals surface area contributed by atoms with Crippen molar-refractivity contribution in [3.8, 4) is 11.1 Å². The summed E-state index contributed by atoms with van der Waals surface area (Å²) in [7, 11) is 0. The van der Waals surface area contributed by atoms with Crippen LogP contribution in [0.2, 0.25) is 0 Å². The highest BCUT2D eigenvalue weighted by molar-refractivity contribution is 5.68. The molecule has 1 aliphatic heterocycles. The maximum atomic E-state index is 4.08. The molecule has 4 rings (SSSR count). The van der Waals surface area contributed by atoms with E-state index in [0.717, 1.165) is 17.8 Å². The third-order valence-corrected chi connectivity index (χ3v) is 4.85. The molecule has 1 saturated heterocycles. The summed E-state index contributed by atoms with van der Waals surface area (Å²) in [4.78, 5) is 6.63. The number of hydrogen-bond donors (Lipinski definition) is 0. The van der Waals surface area contributed by atoms with Gasteiger partial charge in [0.25, 0.3) is 0 Å². The second kappa shape index (κ2) is 4.09. The van der Waals surface area contributed by atoms with Gasteiger partial charge in [-0.3, -0.25) is 4.98 Å². The van der Waals surface area contributed by atoms with Gasteiger partial charge in [0.05, 0.1) is 0 Å². The monoisotopic (exact) mass is 250 g/mol. The smallest absolute Gasteiger partial charge is 0.0372 e. The highest BCUT2D eigenvalue weighted by Gasteiger charge is 2.52. The van der Waals surface area contributed by atoms with E-state index in [1.807, 2.05) is 12.4 Å². The standard InChI is InChI=1S/C17H18N2/c1-12-16-10-19(11-17(12)16)15-4-2-3-14(9-15)13-5-7-18-8-6-13/h2-9,12,16-17H,10-11H2,1H3. The fourth-order valence-corrected chi connectivity index (χ4v) is 3.46. The Morgan fingerprint density at radius 1 is 1.00 bits per heavy atom. The molecule has 2 aliphatic rings. The van der Waals surface area contributed by atoms with Gasteiger partial charge in [0.1, 0.15) is 0 Å². The van der Waals surface area contributed by atoms with Gasteiger partial charge in [-0.05, 0) is 53.1 Å². The molecule has 2 heteroatoms. The molecule has 1 aromatic heterocycles. The van der Waals surface area contributed by atoms with E-state index < -0.39 is 0 Å². The van der Waals surface area contributed by atoms with Crippen molar-refractivity contribution in [3.05, 3.63) is 48.8 Å². The van der Waals surface area contributed by atoms with Crippen molar-refractivity contribution in [2.24, 2.45) is 17.8 Å². The van der Waals surface area contributed by atoms with Crippen molar-refractivity contribution in [2.45, 2.75) is 6.92 Å². The Morgan fingerprint density at radius 2 is 1.74 bits per heavy atom. The first-order valence-corrected chi connectivity index (χ1v) is 7.08. The number of nitrogens with zero attached hydrogens (tertiary/aromatic N) is 2. The Hall–Kier alpha value is -1.83. The summed E-state index contributed by atoms with van der Waals surface area (Å²) in [5.41, 5.74) is 3.90. The van der Waals surface area contributed by atoms with Crippen LogP contribution in [0.4, 0.5) is 5.69 Å². The highest BCUT2D eigenvalue weighted by atomic mass is 15.2. The first-order valence-electron chi connectivity index (χ1n) is 7.08. The number of rotatable bonds is 2. The first-order chi connectivity index (χ1) is 9.33. The maximum absolute atomic E-state index is 4.08. The normalized spacial score (nSPS) is 28.3. The number of pyridine rings is 1. The summed E-state index contributed by atoms with van der Waals surface area (Å²) in [6.07, 6.45) is 3.71. The van der Waals surface area contributed by atoms with Gasteiger partial charge in [-0.1, -0.05) is 19.1 Å². The van der Waals surface area contributed by atoms with E-state index in [1.54, 1.807) is 0 Å². The van der Waals surface area contributed by atoms with Crippen molar-refractivity contribution in [1.29, 1.82) is 0 Å². The molecule has 96 valence electrons. The maximum Gasteiger partial charge on any atom is 0.0372 e. The molecule has 2 aromatic rings. The quantitative estimate of drug-likeness (QED) is 0.811. The fraction of sp³-hybridized carbons (Fsp3) is 0.353. The number of benzene rings is 1. The zero-order valence-electron chi connectivity index (χ0n) is 11.2. The molecule has 1 aromatic carbocycles. The minimum absolute atomic E-state index is 0.949. The van der Waals surface area contributed by atoms with Gasteiger partial charge in [-0.2, -0.15) is 0 Å². The van der Waals surface area contributed by atoms with E-state index in [0.29, 0.717) is 0 Å². The van der Waals surface area contributed by atoms with Crippen LogP contribution in [-0.2, 0) is 0 Å². The lowest BCUT2D eigenvalue weighted by Crippen LogP contribution is -2.23. The van der Waals surface area contributed by atoms with E-state index >= 15 is 0 Å². The topological polar surface area (TPSA) is 16.1 Å². The molecule has 1 saturated carbocycles. The van der Waals surface area contributed by atoms with Crippen LogP contribution in [0, 0.1) is 17.8 Å². The number of aromatic nitrogens is 1. The van der Waals surface area contributed by atoms with Crippen LogP contribution in [0.5, 0.6) is 0 Å². The minimum Gasteiger partial charge on any atom is -0.371 e. The summed E-state index contributed by atoms with van der Waals surface area (Å²) in [6, 6.07) is 13.0. The van der Waals surface area contributed by atoms with Gasteiger partial charge < -0.3 is 4.90 Å². The second-order valence-corrected chi connectivity index (χ2v) is 5.88. The lowest BCUT2D eigenvalue weighted by molar-refractivity contribution is 0.690. The first kappa shape index (κ1) is 11.0. The summed E-state index contributed by atoms with van der Waals surface area (Å²) < 4.78 is 0. The summed E-state index contributed by atoms with van der Waals surface area (Å²) in [5.74, 6) is 2.86. The van der Waals surface area contributed by atoms with Crippen LogP contribution >= 0.6 is 0 Å². The average Bonchev–Trinajstić information content (AvgIpc) is 2.91. The van der Waals surface area contributed by atoms with E-state index in [9.17, 15) is 0 Å². The lowest BCUT2D eigenvalue weighted by atomic mass is 10.1. The van der Waals surface area contributed by atoms with Gasteiger partial charge in [0.15, 0.2) is 0 Å². The van der Waals surface area contributed by atoms with Crippen LogP contribution in [0.25, 0.3) is 11.1 Å². The summed E-state index contributed by atoms with van der Waals surface area (Å²) in [6.45, 7) is 4.87. The van der Waals surface area contributed by atoms with Crippen molar-refractivity contribution >= 4 is 5.69 Å². The molecule has 1 aliphatic carbocycles. The molecule has 2 heterocycles. The average molecular weight is 250 g/mol. The predicted octanol–water partition coefficient (Wildman–Crippen LogP) is 3.45. The molecular weight excluding hydrogens is 232 g/mol. The van der Waals surface area contributed by atoms with Crippen LogP contribution in [0.15, 0.2) is 48.8 Å². The van der Waals surface area contributed by atoms with Crippen LogP contribution in [0.3, 0.4) is 0 Å². The van der Waals surface area contributed by atoms with Crippen molar-refractivity contribution < 1.29 is 0 Å². The second-order valence-electron chi connectivity index (χ2n) is 5.88. The van der Waals surface area contributed by atoms with E-state index in [2.05, 4.69) is 53.2 Å². The number of piperidine rings is 1. The molecular formula is C17H18N2. The molecule has 0 N–H and O–H groups in total. The molecule has 0 radical (unpaired) electrons. The number of hydrogen-bond acceptors (Lipinski definition) is 2. The van der Waals surface area contributed by atoms with Crippen LogP contribution in [-0.4, -0.2) is 18.1 Å². The zero-order chi connectivity index (χ0) is 12.8. The molecule has 2 atom stereocenters. The Bertz CT molecular complexity index is 581. The number of anilines is 1. The Balaban J connectivity index is 1.61. The van der Waals surface area contributed by atoms with Gasteiger partial charge in [-0.15, -0.1) is 0 Å². The van der Waals surface area contributed by atoms with E-state index in [-0.39, 0.29) is 0 Å². The molecule has 0 bridgehead atoms. The highest BCUT2D eigenvalue weighted by Crippen LogP contribution is 2.52. The number of fused-ring (bicyclic) bond motifs is 1. The SMILES string of the molecule is CC1C2CN(c3cccc(-c4ccncc4)c3)CC12. The summed E-state index contributed by atoms with van der Waals surface area (Å²) >= 11 is 0. The van der Waals surface area contributed by atoms with E-state index in [4.69, 9.17) is 0 Å². The Morgan fingerprint density at radius 3 is 2.47 bits per heavy atom. The lowest BCUT2D eigenvalue weighted by Gasteiger charge is -2.22. The van der Waals surface area contributed by atoms with Crippen molar-refractivity contribution in [3.63, 3.8) is 0 Å². The van der Waals surface area contributed by atoms with Gasteiger partial charge in [-0.25, -0.2) is 0 Å². The van der Waals surface area contributed by atoms with E-state index in [1.165, 1.54) is 29.9 Å². The Kier molecular flexibility index (Phi) is 2.37. The summed E-state index contributed by atoms with van der Waals surface area (Å²) in [5, 5.41) is 0. The van der Waals surface area contributed by atoms with Crippen molar-refractivity contribution in [2.75, 3.05) is 18.0 Å². The Labute approximate surface area is 114 Å². The predicted molar refractivity (Wildman–Crippen MR) is 78.0 cm³/mol. The fourth-order valence-electron chi connectivity index (χ4n) is 3.46. The largest absolute Gasteiger partial charge is 0.371 e. The molecule has 19 heavy (non-hydrogen) atoms. The van der Waals surface area contributed by atoms with Gasteiger partial charge >= 0.3 is 0 Å². The molecule has 0 spiro atoms. The van der Waals surface area contributed by atoms with Gasteiger partial charge in [0.2, 0.25) is 0 Å². The van der Waals surface area contributed by atoms with Crippen LogP contribution in [0.1, 0.15) is 6.92 Å². The minimum atomic E-state index is 0.949. The molecule has 2 unspecified atom stereocenters. The molecule has 0 amide bonds. The van der Waals surface area contributed by atoms with Crippen molar-refractivity contribution in [1.82, 2.24) is 4.98 Å². The zero-order valence-corrected chi connectivity index (χ0v) is 11.2.